The van der Waals surface area contributed by atoms with Gasteiger partial charge in [0, 0.05) is 35.0 Å². The first-order valence-corrected chi connectivity index (χ1v) is 17.2. The molecule has 4 aliphatic rings. The van der Waals surface area contributed by atoms with Gasteiger partial charge in [-0.3, -0.25) is 19.3 Å². The Morgan fingerprint density at radius 2 is 1.71 bits per heavy atom. The Balaban J connectivity index is 1.12. The van der Waals surface area contributed by atoms with Crippen LogP contribution in [0.1, 0.15) is 61.5 Å². The number of nitrogens with zero attached hydrogens (tertiary/aromatic N) is 3. The van der Waals surface area contributed by atoms with Crippen LogP contribution < -0.4 is 9.80 Å². The summed E-state index contributed by atoms with van der Waals surface area (Å²) in [5.74, 6) is -1.43. The molecule has 4 heterocycles. The average molecular weight is 660 g/mol. The molecule has 0 radical (unpaired) electrons. The van der Waals surface area contributed by atoms with Gasteiger partial charge in [-0.05, 0) is 68.0 Å². The van der Waals surface area contributed by atoms with Gasteiger partial charge in [0.25, 0.3) is 11.8 Å². The molecule has 5 atom stereocenters. The van der Waals surface area contributed by atoms with Crippen LogP contribution >= 0.6 is 0 Å². The SMILES string of the molecule is C[C@@H]1[C@@H](C(C)(C)O)[C@H](CC(=O)N2CCC[C@H]2CO)O[C@@]12C(=O)N(Cc1cccc(N3C(=O)c4cccc5cccc3c45)c1)c1ccccc12. The molecular formula is C40H41N3O6. The standard InChI is InChI=1S/C40H41N3O6/c1-24-36(39(2,3)48)33(21-34(45)41-19-9-14-28(41)23-44)49-40(24)30-16-4-5-17-31(30)42(38(40)47)22-25-10-6-13-27(20-25)43-32-18-8-12-26-11-7-15-29(35(26)32)37(43)46/h4-8,10-13,15-18,20,24,28,33,36,44,48H,9,14,19,21-23H2,1-3H3/t24-,28+,33+,36-,40+/m1/s1. The second-order valence-electron chi connectivity index (χ2n) is 14.5. The van der Waals surface area contributed by atoms with Crippen molar-refractivity contribution < 1.29 is 29.3 Å². The van der Waals surface area contributed by atoms with E-state index in [4.69, 9.17) is 4.74 Å². The number of para-hydroxylation sites is 1. The molecule has 1 spiro atoms. The van der Waals surface area contributed by atoms with E-state index in [0.717, 1.165) is 51.8 Å². The number of carbonyl (C=O) groups excluding carboxylic acids is 3. The molecule has 4 aliphatic heterocycles. The van der Waals surface area contributed by atoms with Crippen molar-refractivity contribution in [2.24, 2.45) is 11.8 Å². The van der Waals surface area contributed by atoms with Gasteiger partial charge in [-0.2, -0.15) is 0 Å². The van der Waals surface area contributed by atoms with Crippen molar-refractivity contribution in [3.05, 3.63) is 102 Å². The minimum Gasteiger partial charge on any atom is -0.394 e. The Morgan fingerprint density at radius 1 is 0.980 bits per heavy atom. The maximum absolute atomic E-state index is 14.9. The Bertz CT molecular complexity index is 2000. The fourth-order valence-electron chi connectivity index (χ4n) is 9.18. The first kappa shape index (κ1) is 31.7. The normalized spacial score (nSPS) is 26.1. The maximum atomic E-state index is 14.9. The number of hydrogen-bond acceptors (Lipinski definition) is 6. The molecule has 3 amide bonds. The van der Waals surface area contributed by atoms with Crippen molar-refractivity contribution in [1.29, 1.82) is 0 Å². The van der Waals surface area contributed by atoms with E-state index in [9.17, 15) is 24.6 Å². The topological polar surface area (TPSA) is 111 Å². The third-order valence-corrected chi connectivity index (χ3v) is 11.2. The summed E-state index contributed by atoms with van der Waals surface area (Å²) in [4.78, 5) is 47.3. The number of carbonyl (C=O) groups is 3. The van der Waals surface area contributed by atoms with Crippen molar-refractivity contribution >= 4 is 45.6 Å². The number of aliphatic hydroxyl groups is 2. The van der Waals surface area contributed by atoms with Gasteiger partial charge in [0.15, 0.2) is 5.60 Å². The summed E-state index contributed by atoms with van der Waals surface area (Å²) in [7, 11) is 0. The molecule has 252 valence electrons. The number of ether oxygens (including phenoxy) is 1. The molecule has 4 aromatic rings. The lowest BCUT2D eigenvalue weighted by molar-refractivity contribution is -0.150. The monoisotopic (exact) mass is 659 g/mol. The summed E-state index contributed by atoms with van der Waals surface area (Å²) in [5.41, 5.74) is 1.87. The third-order valence-electron chi connectivity index (χ3n) is 11.2. The van der Waals surface area contributed by atoms with Crippen LogP contribution in [0.5, 0.6) is 0 Å². The summed E-state index contributed by atoms with van der Waals surface area (Å²) in [5, 5.41) is 23.3. The number of aliphatic hydroxyl groups excluding tert-OH is 1. The summed E-state index contributed by atoms with van der Waals surface area (Å²) in [6.45, 7) is 6.09. The number of fused-ring (bicyclic) bond motifs is 2. The first-order valence-electron chi connectivity index (χ1n) is 17.2. The van der Waals surface area contributed by atoms with Crippen LogP contribution in [-0.2, 0) is 26.5 Å². The zero-order chi connectivity index (χ0) is 34.2. The molecule has 0 aromatic heterocycles. The van der Waals surface area contributed by atoms with E-state index in [1.165, 1.54) is 0 Å². The van der Waals surface area contributed by atoms with Crippen LogP contribution in [0.3, 0.4) is 0 Å². The minimum absolute atomic E-state index is 0.00768. The van der Waals surface area contributed by atoms with Gasteiger partial charge in [-0.25, -0.2) is 0 Å². The smallest absolute Gasteiger partial charge is 0.264 e. The highest BCUT2D eigenvalue weighted by Gasteiger charge is 2.66. The lowest BCUT2D eigenvalue weighted by atomic mass is 9.71. The van der Waals surface area contributed by atoms with Gasteiger partial charge in [-0.1, -0.05) is 61.5 Å². The minimum atomic E-state index is -1.40. The molecule has 2 saturated heterocycles. The molecule has 0 unspecified atom stereocenters. The molecule has 0 aliphatic carbocycles. The molecule has 2 N–H and O–H groups in total. The van der Waals surface area contributed by atoms with Crippen molar-refractivity contribution in [2.75, 3.05) is 23.0 Å². The Morgan fingerprint density at radius 3 is 2.49 bits per heavy atom. The zero-order valence-corrected chi connectivity index (χ0v) is 28.0. The van der Waals surface area contributed by atoms with Crippen molar-refractivity contribution in [2.45, 2.75) is 69.9 Å². The number of anilines is 3. The Hall–Kier alpha value is -4.57. The van der Waals surface area contributed by atoms with E-state index < -0.39 is 29.1 Å². The van der Waals surface area contributed by atoms with Crippen molar-refractivity contribution in [3.8, 4) is 0 Å². The van der Waals surface area contributed by atoms with Gasteiger partial charge >= 0.3 is 0 Å². The molecule has 9 heteroatoms. The maximum Gasteiger partial charge on any atom is 0.264 e. The van der Waals surface area contributed by atoms with Gasteiger partial charge in [0.2, 0.25) is 5.91 Å². The summed E-state index contributed by atoms with van der Waals surface area (Å²) >= 11 is 0. The van der Waals surface area contributed by atoms with Crippen LogP contribution in [0.2, 0.25) is 0 Å². The van der Waals surface area contributed by atoms with Gasteiger partial charge in [0.1, 0.15) is 0 Å². The van der Waals surface area contributed by atoms with Crippen LogP contribution in [0.25, 0.3) is 10.8 Å². The molecule has 49 heavy (non-hydrogen) atoms. The van der Waals surface area contributed by atoms with Crippen LogP contribution in [-0.4, -0.2) is 63.7 Å². The lowest BCUT2D eigenvalue weighted by Gasteiger charge is -2.34. The number of benzene rings is 4. The molecule has 8 rings (SSSR count). The fourth-order valence-corrected chi connectivity index (χ4v) is 9.18. The lowest BCUT2D eigenvalue weighted by Crippen LogP contribution is -2.46. The van der Waals surface area contributed by atoms with Crippen molar-refractivity contribution in [1.82, 2.24) is 4.90 Å². The Kier molecular flexibility index (Phi) is 7.44. The predicted molar refractivity (Wildman–Crippen MR) is 186 cm³/mol. The average Bonchev–Trinajstić information content (AvgIpc) is 3.81. The van der Waals surface area contributed by atoms with Gasteiger partial charge in [-0.15, -0.1) is 0 Å². The van der Waals surface area contributed by atoms with E-state index in [1.807, 2.05) is 91.9 Å². The number of rotatable bonds is 7. The fraction of sp³-hybridized carbons (Fsp3) is 0.375. The molecule has 2 fully saturated rings. The summed E-state index contributed by atoms with van der Waals surface area (Å²) in [6, 6.07) is 26.8. The summed E-state index contributed by atoms with van der Waals surface area (Å²) in [6.07, 6.45) is 0.870. The molecule has 0 saturated carbocycles. The quantitative estimate of drug-likeness (QED) is 0.265. The zero-order valence-electron chi connectivity index (χ0n) is 28.0. The first-order chi connectivity index (χ1) is 23.5. The second-order valence-corrected chi connectivity index (χ2v) is 14.5. The van der Waals surface area contributed by atoms with Crippen molar-refractivity contribution in [3.63, 3.8) is 0 Å². The number of hydrogen-bond donors (Lipinski definition) is 2. The molecule has 4 aromatic carbocycles. The van der Waals surface area contributed by atoms with Gasteiger partial charge < -0.3 is 24.7 Å². The van der Waals surface area contributed by atoms with E-state index in [2.05, 4.69) is 0 Å². The highest BCUT2D eigenvalue weighted by molar-refractivity contribution is 6.27. The number of amides is 3. The molecule has 0 bridgehead atoms. The number of likely N-dealkylation sites (tertiary alicyclic amines) is 1. The summed E-state index contributed by atoms with van der Waals surface area (Å²) < 4.78 is 6.84. The van der Waals surface area contributed by atoms with E-state index in [-0.39, 0.29) is 43.3 Å². The highest BCUT2D eigenvalue weighted by Crippen LogP contribution is 2.58. The predicted octanol–water partition coefficient (Wildman–Crippen LogP) is 5.67. The molecule has 9 nitrogen and oxygen atoms in total. The second kappa shape index (κ2) is 11.5. The van der Waals surface area contributed by atoms with Crippen LogP contribution in [0.15, 0.2) is 84.9 Å². The van der Waals surface area contributed by atoms with E-state index in [1.54, 1.807) is 28.5 Å². The van der Waals surface area contributed by atoms with E-state index >= 15 is 0 Å². The van der Waals surface area contributed by atoms with E-state index in [0.29, 0.717) is 12.1 Å². The van der Waals surface area contributed by atoms with Crippen LogP contribution in [0.4, 0.5) is 17.1 Å². The van der Waals surface area contributed by atoms with Crippen LogP contribution in [0, 0.1) is 11.8 Å². The van der Waals surface area contributed by atoms with Gasteiger partial charge in [0.05, 0.1) is 54.3 Å². The highest BCUT2D eigenvalue weighted by atomic mass is 16.5. The Labute approximate surface area is 285 Å². The molecular weight excluding hydrogens is 618 g/mol. The third kappa shape index (κ3) is 4.74. The largest absolute Gasteiger partial charge is 0.394 e.